The van der Waals surface area contributed by atoms with E-state index in [1.807, 2.05) is 6.92 Å². The number of rotatable bonds is 9. The van der Waals surface area contributed by atoms with Crippen molar-refractivity contribution in [2.75, 3.05) is 11.9 Å². The number of nitrogens with zero attached hydrogens (tertiary/aromatic N) is 2. The van der Waals surface area contributed by atoms with Crippen molar-refractivity contribution in [2.45, 2.75) is 78.1 Å². The van der Waals surface area contributed by atoms with Crippen LogP contribution in [0.2, 0.25) is 0 Å². The highest BCUT2D eigenvalue weighted by Gasteiger charge is 2.34. The molecular weight excluding hydrogens is 518 g/mol. The molecule has 2 aromatic rings. The first-order valence-electron chi connectivity index (χ1n) is 13.1. The number of benzene rings is 1. The maximum atomic E-state index is 15.1. The largest absolute Gasteiger partial charge is 0.405 e. The van der Waals surface area contributed by atoms with Crippen LogP contribution in [0, 0.1) is 24.6 Å². The second-order valence-corrected chi connectivity index (χ2v) is 10.2. The molecule has 1 heterocycles. The molecule has 1 aromatic carbocycles. The van der Waals surface area contributed by atoms with E-state index in [4.69, 9.17) is 0 Å². The molecule has 3 amide bonds. The quantitative estimate of drug-likeness (QED) is 0.392. The summed E-state index contributed by atoms with van der Waals surface area (Å²) in [6, 6.07) is 3.02. The number of anilines is 1. The summed E-state index contributed by atoms with van der Waals surface area (Å²) in [6.45, 7) is 5.91. The molecule has 1 saturated carbocycles. The van der Waals surface area contributed by atoms with Crippen molar-refractivity contribution < 1.29 is 31.9 Å². The van der Waals surface area contributed by atoms with Gasteiger partial charge in [-0.15, -0.1) is 0 Å². The lowest BCUT2D eigenvalue weighted by Gasteiger charge is -2.32. The standard InChI is InChI=1S/C27H35F4N5O3/c1-5-36-22(10-11-33-36)25(38)35-23(18-8-6-15(2)7-9-18)26(39)34-21-12-16(3)19(13-20(21)28)17(4)24(37)32-14-27(29,30)31/h10-13,15,17-18,23H,5-9,14H2,1-4H3,(H,32,37)(H,34,39)(H,35,38)/t15?,17?,18?,23-/m0/s1. The molecule has 2 atom stereocenters. The summed E-state index contributed by atoms with van der Waals surface area (Å²) in [6.07, 6.45) is 0.165. The highest BCUT2D eigenvalue weighted by atomic mass is 19.4. The van der Waals surface area contributed by atoms with E-state index in [0.29, 0.717) is 23.7 Å². The lowest BCUT2D eigenvalue weighted by molar-refractivity contribution is -0.139. The molecule has 1 aromatic heterocycles. The highest BCUT2D eigenvalue weighted by molar-refractivity contribution is 6.01. The molecule has 0 radical (unpaired) electrons. The van der Waals surface area contributed by atoms with Gasteiger partial charge in [-0.05, 0) is 74.8 Å². The fourth-order valence-electron chi connectivity index (χ4n) is 4.96. The molecule has 0 bridgehead atoms. The number of carbonyl (C=O) groups excluding carboxylic acids is 3. The SMILES string of the molecule is CCn1nccc1C(=O)N[C@H](C(=O)Nc1cc(C)c(C(C)C(=O)NCC(F)(F)F)cc1F)C1CCC(C)CC1. The second-order valence-electron chi connectivity index (χ2n) is 10.2. The van der Waals surface area contributed by atoms with Crippen molar-refractivity contribution in [3.8, 4) is 0 Å². The van der Waals surface area contributed by atoms with Gasteiger partial charge in [0.05, 0.1) is 11.6 Å². The Morgan fingerprint density at radius 2 is 1.79 bits per heavy atom. The zero-order chi connectivity index (χ0) is 28.9. The van der Waals surface area contributed by atoms with Crippen molar-refractivity contribution in [1.29, 1.82) is 0 Å². The summed E-state index contributed by atoms with van der Waals surface area (Å²) in [5, 5.41) is 11.3. The molecular formula is C27H35F4N5O3. The summed E-state index contributed by atoms with van der Waals surface area (Å²) >= 11 is 0. The third kappa shape index (κ3) is 7.79. The molecule has 8 nitrogen and oxygen atoms in total. The third-order valence-electron chi connectivity index (χ3n) is 7.29. The van der Waals surface area contributed by atoms with E-state index in [2.05, 4.69) is 22.7 Å². The van der Waals surface area contributed by atoms with E-state index in [1.165, 1.54) is 23.9 Å². The van der Waals surface area contributed by atoms with Crippen LogP contribution in [-0.2, 0) is 16.1 Å². The topological polar surface area (TPSA) is 105 Å². The second kappa shape index (κ2) is 12.6. The monoisotopic (exact) mass is 553 g/mol. The van der Waals surface area contributed by atoms with Gasteiger partial charge in [0, 0.05) is 12.7 Å². The average Bonchev–Trinajstić information content (AvgIpc) is 3.36. The number of halogens is 4. The van der Waals surface area contributed by atoms with Crippen molar-refractivity contribution in [3.05, 3.63) is 47.0 Å². The third-order valence-corrected chi connectivity index (χ3v) is 7.29. The first kappa shape index (κ1) is 30.1. The van der Waals surface area contributed by atoms with E-state index in [1.54, 1.807) is 18.3 Å². The molecule has 1 aliphatic carbocycles. The molecule has 0 spiro atoms. The minimum atomic E-state index is -4.57. The lowest BCUT2D eigenvalue weighted by Crippen LogP contribution is -2.49. The Morgan fingerprint density at radius 1 is 1.13 bits per heavy atom. The molecule has 1 unspecified atom stereocenters. The van der Waals surface area contributed by atoms with Crippen LogP contribution in [0.3, 0.4) is 0 Å². The number of amides is 3. The first-order valence-corrected chi connectivity index (χ1v) is 13.1. The number of aryl methyl sites for hydroxylation is 2. The van der Waals surface area contributed by atoms with Gasteiger partial charge in [0.25, 0.3) is 5.91 Å². The zero-order valence-electron chi connectivity index (χ0n) is 22.5. The van der Waals surface area contributed by atoms with E-state index in [9.17, 15) is 27.6 Å². The van der Waals surface area contributed by atoms with Gasteiger partial charge < -0.3 is 16.0 Å². The summed E-state index contributed by atoms with van der Waals surface area (Å²) in [5.41, 5.74) is 0.777. The van der Waals surface area contributed by atoms with E-state index in [0.717, 1.165) is 31.7 Å². The van der Waals surface area contributed by atoms with Crippen molar-refractivity contribution in [1.82, 2.24) is 20.4 Å². The molecule has 214 valence electrons. The molecule has 1 fully saturated rings. The van der Waals surface area contributed by atoms with E-state index in [-0.39, 0.29) is 17.2 Å². The fraction of sp³-hybridized carbons (Fsp3) is 0.556. The molecule has 1 aliphatic rings. The maximum absolute atomic E-state index is 15.1. The Hall–Kier alpha value is -3.44. The van der Waals surface area contributed by atoms with Crippen LogP contribution in [0.4, 0.5) is 23.2 Å². The number of hydrogen-bond acceptors (Lipinski definition) is 4. The van der Waals surface area contributed by atoms with E-state index < -0.39 is 48.2 Å². The Morgan fingerprint density at radius 3 is 2.41 bits per heavy atom. The number of hydrogen-bond donors (Lipinski definition) is 3. The molecule has 3 N–H and O–H groups in total. The Balaban J connectivity index is 1.79. The normalized spacial score (nSPS) is 19.2. The number of carbonyl (C=O) groups is 3. The van der Waals surface area contributed by atoms with Gasteiger partial charge in [-0.2, -0.15) is 18.3 Å². The van der Waals surface area contributed by atoms with Crippen LogP contribution in [0.25, 0.3) is 0 Å². The van der Waals surface area contributed by atoms with Gasteiger partial charge in [0.15, 0.2) is 0 Å². The van der Waals surface area contributed by atoms with Gasteiger partial charge in [0.1, 0.15) is 24.1 Å². The van der Waals surface area contributed by atoms with Crippen molar-refractivity contribution in [3.63, 3.8) is 0 Å². The number of alkyl halides is 3. The summed E-state index contributed by atoms with van der Waals surface area (Å²) in [4.78, 5) is 38.7. The fourth-order valence-corrected chi connectivity index (χ4v) is 4.96. The average molecular weight is 554 g/mol. The zero-order valence-corrected chi connectivity index (χ0v) is 22.5. The number of aromatic nitrogens is 2. The first-order chi connectivity index (χ1) is 18.3. The highest BCUT2D eigenvalue weighted by Crippen LogP contribution is 2.32. The van der Waals surface area contributed by atoms with Crippen LogP contribution in [0.1, 0.15) is 74.0 Å². The Kier molecular flexibility index (Phi) is 9.73. The summed E-state index contributed by atoms with van der Waals surface area (Å²) in [7, 11) is 0. The summed E-state index contributed by atoms with van der Waals surface area (Å²) < 4.78 is 54.0. The molecule has 12 heteroatoms. The smallest absolute Gasteiger partial charge is 0.346 e. The predicted molar refractivity (Wildman–Crippen MR) is 138 cm³/mol. The number of nitrogens with one attached hydrogen (secondary N) is 3. The van der Waals surface area contributed by atoms with Gasteiger partial charge in [0.2, 0.25) is 11.8 Å². The van der Waals surface area contributed by atoms with Gasteiger partial charge in [-0.3, -0.25) is 19.1 Å². The van der Waals surface area contributed by atoms with Gasteiger partial charge >= 0.3 is 6.18 Å². The molecule has 39 heavy (non-hydrogen) atoms. The summed E-state index contributed by atoms with van der Waals surface area (Å²) in [5.74, 6) is -3.47. The molecule has 0 aliphatic heterocycles. The van der Waals surface area contributed by atoms with Crippen LogP contribution in [0.5, 0.6) is 0 Å². The van der Waals surface area contributed by atoms with E-state index >= 15 is 4.39 Å². The Labute approximate surface area is 224 Å². The van der Waals surface area contributed by atoms with Gasteiger partial charge in [-0.1, -0.05) is 19.8 Å². The molecule has 0 saturated heterocycles. The Bertz CT molecular complexity index is 1190. The van der Waals surface area contributed by atoms with Gasteiger partial charge in [-0.25, -0.2) is 4.39 Å². The van der Waals surface area contributed by atoms with Crippen LogP contribution >= 0.6 is 0 Å². The van der Waals surface area contributed by atoms with Crippen molar-refractivity contribution in [2.24, 2.45) is 11.8 Å². The van der Waals surface area contributed by atoms with Crippen LogP contribution in [0.15, 0.2) is 24.4 Å². The van der Waals surface area contributed by atoms with Crippen LogP contribution in [-0.4, -0.2) is 46.3 Å². The minimum absolute atomic E-state index is 0.147. The minimum Gasteiger partial charge on any atom is -0.346 e. The maximum Gasteiger partial charge on any atom is 0.405 e. The lowest BCUT2D eigenvalue weighted by atomic mass is 9.79. The molecule has 3 rings (SSSR count). The van der Waals surface area contributed by atoms with Crippen LogP contribution < -0.4 is 16.0 Å². The predicted octanol–water partition coefficient (Wildman–Crippen LogP) is 4.70. The van der Waals surface area contributed by atoms with Crippen molar-refractivity contribution >= 4 is 23.4 Å².